The first-order valence-electron chi connectivity index (χ1n) is 8.93. The van der Waals surface area contributed by atoms with E-state index in [1.807, 2.05) is 35.2 Å². The Kier molecular flexibility index (Phi) is 4.73. The molecular weight excluding hydrogens is 328 g/mol. The number of carbonyl (C=O) groups excluding carboxylic acids is 1. The van der Waals surface area contributed by atoms with Crippen LogP contribution in [0.3, 0.4) is 0 Å². The molecule has 1 atom stereocenters. The zero-order valence-electron chi connectivity index (χ0n) is 14.4. The predicted octanol–water partition coefficient (Wildman–Crippen LogP) is 3.89. The highest BCUT2D eigenvalue weighted by Gasteiger charge is 2.31. The van der Waals surface area contributed by atoms with Gasteiger partial charge in [-0.1, -0.05) is 31.0 Å². The van der Waals surface area contributed by atoms with E-state index in [0.29, 0.717) is 23.9 Å². The summed E-state index contributed by atoms with van der Waals surface area (Å²) < 4.78 is 5.95. The summed E-state index contributed by atoms with van der Waals surface area (Å²) in [7, 11) is 0. The van der Waals surface area contributed by atoms with Crippen LogP contribution < -0.4 is 0 Å². The third-order valence-corrected chi connectivity index (χ3v) is 4.67. The van der Waals surface area contributed by atoms with Gasteiger partial charge in [0, 0.05) is 24.5 Å². The normalized spacial score (nSPS) is 17.7. The second-order valence-electron chi connectivity index (χ2n) is 6.42. The lowest BCUT2D eigenvalue weighted by molar-refractivity contribution is 0.0652. The molecule has 0 saturated carbocycles. The molecule has 1 unspecified atom stereocenters. The van der Waals surface area contributed by atoms with Crippen LogP contribution in [0.2, 0.25) is 0 Å². The van der Waals surface area contributed by atoms with Crippen LogP contribution in [0.25, 0.3) is 11.5 Å². The fourth-order valence-electron chi connectivity index (χ4n) is 3.33. The van der Waals surface area contributed by atoms with Crippen LogP contribution >= 0.6 is 0 Å². The number of likely N-dealkylation sites (tertiary alicyclic amines) is 1. The van der Waals surface area contributed by atoms with E-state index in [2.05, 4.69) is 15.2 Å². The van der Waals surface area contributed by atoms with Crippen molar-refractivity contribution in [3.05, 3.63) is 66.3 Å². The first-order valence-corrected chi connectivity index (χ1v) is 8.93. The highest BCUT2D eigenvalue weighted by molar-refractivity contribution is 5.94. The van der Waals surface area contributed by atoms with Crippen molar-refractivity contribution in [1.29, 1.82) is 0 Å². The Hall–Kier alpha value is -3.02. The van der Waals surface area contributed by atoms with Gasteiger partial charge in [-0.15, -0.1) is 10.2 Å². The molecule has 3 aromatic rings. The standard InChI is InChI=1S/C20H20N4O2/c25-20(16-10-7-12-21-14-16)24-13-6-2-5-11-17(24)19-23-22-18(26-19)15-8-3-1-4-9-15/h1,3-4,7-10,12,14,17H,2,5-6,11,13H2. The van der Waals surface area contributed by atoms with Crippen molar-refractivity contribution < 1.29 is 9.21 Å². The van der Waals surface area contributed by atoms with E-state index in [1.54, 1.807) is 24.5 Å². The van der Waals surface area contributed by atoms with Crippen LogP contribution in [0, 0.1) is 0 Å². The third-order valence-electron chi connectivity index (χ3n) is 4.67. The Balaban J connectivity index is 1.64. The van der Waals surface area contributed by atoms with Gasteiger partial charge in [-0.3, -0.25) is 9.78 Å². The molecule has 6 nitrogen and oxygen atoms in total. The number of benzene rings is 1. The average molecular weight is 348 g/mol. The minimum atomic E-state index is -0.199. The summed E-state index contributed by atoms with van der Waals surface area (Å²) in [5.41, 5.74) is 1.47. The fraction of sp³-hybridized carbons (Fsp3) is 0.300. The van der Waals surface area contributed by atoms with Crippen molar-refractivity contribution in [2.24, 2.45) is 0 Å². The lowest BCUT2D eigenvalue weighted by Gasteiger charge is -2.27. The Morgan fingerprint density at radius 2 is 1.92 bits per heavy atom. The van der Waals surface area contributed by atoms with E-state index in [-0.39, 0.29) is 11.9 Å². The maximum absolute atomic E-state index is 13.0. The van der Waals surface area contributed by atoms with E-state index < -0.39 is 0 Å². The Labute approximate surface area is 151 Å². The molecule has 1 aliphatic heterocycles. The Morgan fingerprint density at radius 1 is 1.04 bits per heavy atom. The molecule has 132 valence electrons. The van der Waals surface area contributed by atoms with Crippen molar-refractivity contribution in [3.63, 3.8) is 0 Å². The van der Waals surface area contributed by atoms with Crippen molar-refractivity contribution in [2.75, 3.05) is 6.54 Å². The van der Waals surface area contributed by atoms with Crippen molar-refractivity contribution in [3.8, 4) is 11.5 Å². The molecule has 1 amide bonds. The first kappa shape index (κ1) is 16.4. The molecule has 1 aromatic carbocycles. The van der Waals surface area contributed by atoms with Crippen LogP contribution in [0.5, 0.6) is 0 Å². The van der Waals surface area contributed by atoms with E-state index in [9.17, 15) is 4.79 Å². The zero-order valence-corrected chi connectivity index (χ0v) is 14.4. The first-order chi connectivity index (χ1) is 12.8. The number of aromatic nitrogens is 3. The number of amides is 1. The van der Waals surface area contributed by atoms with Crippen LogP contribution in [0.15, 0.2) is 59.3 Å². The summed E-state index contributed by atoms with van der Waals surface area (Å²) in [6.45, 7) is 0.682. The van der Waals surface area contributed by atoms with Gasteiger partial charge >= 0.3 is 0 Å². The predicted molar refractivity (Wildman–Crippen MR) is 96.2 cm³/mol. The van der Waals surface area contributed by atoms with E-state index in [1.165, 1.54) is 0 Å². The molecule has 0 bridgehead atoms. The molecule has 3 heterocycles. The van der Waals surface area contributed by atoms with Gasteiger partial charge in [0.2, 0.25) is 11.8 Å². The number of nitrogens with zero attached hydrogens (tertiary/aromatic N) is 4. The van der Waals surface area contributed by atoms with Gasteiger partial charge in [-0.2, -0.15) is 0 Å². The molecule has 2 aromatic heterocycles. The van der Waals surface area contributed by atoms with Crippen molar-refractivity contribution >= 4 is 5.91 Å². The van der Waals surface area contributed by atoms with Gasteiger partial charge in [0.25, 0.3) is 5.91 Å². The second kappa shape index (κ2) is 7.47. The van der Waals surface area contributed by atoms with E-state index >= 15 is 0 Å². The minimum Gasteiger partial charge on any atom is -0.418 e. The van der Waals surface area contributed by atoms with Crippen LogP contribution in [-0.2, 0) is 0 Å². The van der Waals surface area contributed by atoms with Gasteiger partial charge in [0.15, 0.2) is 0 Å². The SMILES string of the molecule is O=C(c1cccnc1)N1CCCCCC1c1nnc(-c2ccccc2)o1. The summed E-state index contributed by atoms with van der Waals surface area (Å²) in [4.78, 5) is 18.9. The fourth-order valence-corrected chi connectivity index (χ4v) is 3.33. The molecule has 1 saturated heterocycles. The molecule has 0 aliphatic carbocycles. The number of pyridine rings is 1. The average Bonchev–Trinajstić information content (AvgIpc) is 3.07. The molecule has 0 N–H and O–H groups in total. The number of carbonyl (C=O) groups is 1. The maximum Gasteiger partial charge on any atom is 0.256 e. The van der Waals surface area contributed by atoms with Crippen LogP contribution in [-0.4, -0.2) is 32.5 Å². The van der Waals surface area contributed by atoms with Crippen molar-refractivity contribution in [2.45, 2.75) is 31.7 Å². The number of hydrogen-bond acceptors (Lipinski definition) is 5. The van der Waals surface area contributed by atoms with Gasteiger partial charge in [0.05, 0.1) is 5.56 Å². The Bertz CT molecular complexity index is 864. The molecule has 4 rings (SSSR count). The Morgan fingerprint density at radius 3 is 2.73 bits per heavy atom. The smallest absolute Gasteiger partial charge is 0.256 e. The monoisotopic (exact) mass is 348 g/mol. The molecule has 6 heteroatoms. The summed E-state index contributed by atoms with van der Waals surface area (Å²) in [6.07, 6.45) is 7.19. The number of rotatable bonds is 3. The summed E-state index contributed by atoms with van der Waals surface area (Å²) in [5.74, 6) is 0.950. The van der Waals surface area contributed by atoms with Crippen LogP contribution in [0.1, 0.15) is 48.0 Å². The minimum absolute atomic E-state index is 0.0375. The molecular formula is C20H20N4O2. The molecule has 0 radical (unpaired) electrons. The highest BCUT2D eigenvalue weighted by Crippen LogP contribution is 2.32. The lowest BCUT2D eigenvalue weighted by atomic mass is 10.1. The van der Waals surface area contributed by atoms with Gasteiger partial charge in [0.1, 0.15) is 6.04 Å². The van der Waals surface area contributed by atoms with E-state index in [4.69, 9.17) is 4.42 Å². The largest absolute Gasteiger partial charge is 0.418 e. The van der Waals surface area contributed by atoms with Crippen LogP contribution in [0.4, 0.5) is 0 Å². The highest BCUT2D eigenvalue weighted by atomic mass is 16.4. The topological polar surface area (TPSA) is 72.1 Å². The van der Waals surface area contributed by atoms with Gasteiger partial charge in [-0.25, -0.2) is 0 Å². The molecule has 1 aliphatic rings. The summed E-state index contributed by atoms with van der Waals surface area (Å²) >= 11 is 0. The molecule has 26 heavy (non-hydrogen) atoms. The zero-order chi connectivity index (χ0) is 17.8. The van der Waals surface area contributed by atoms with Gasteiger partial charge in [-0.05, 0) is 37.1 Å². The van der Waals surface area contributed by atoms with Crippen molar-refractivity contribution in [1.82, 2.24) is 20.1 Å². The van der Waals surface area contributed by atoms with E-state index in [0.717, 1.165) is 31.2 Å². The quantitative estimate of drug-likeness (QED) is 0.718. The lowest BCUT2D eigenvalue weighted by Crippen LogP contribution is -2.35. The maximum atomic E-state index is 13.0. The molecule has 0 spiro atoms. The summed E-state index contributed by atoms with van der Waals surface area (Å²) in [6, 6.07) is 13.1. The third kappa shape index (κ3) is 3.35. The molecule has 1 fully saturated rings. The second-order valence-corrected chi connectivity index (χ2v) is 6.42. The van der Waals surface area contributed by atoms with Gasteiger partial charge < -0.3 is 9.32 Å². The number of hydrogen-bond donors (Lipinski definition) is 0. The summed E-state index contributed by atoms with van der Waals surface area (Å²) in [5, 5.41) is 8.45.